The predicted molar refractivity (Wildman–Crippen MR) is 59.5 cm³/mol. The SMILES string of the molecule is Cn1cc(C=O)nn1.O=[N+]([O-])c1ccccc1. The molecule has 0 unspecified atom stereocenters. The minimum atomic E-state index is -0.417. The Kier molecular flexibility index (Phi) is 4.49. The molecule has 1 heterocycles. The number of hydrogen-bond donors (Lipinski definition) is 0. The lowest BCUT2D eigenvalue weighted by Crippen LogP contribution is -1.85. The molecule has 0 spiro atoms. The smallest absolute Gasteiger partial charge is 0.269 e. The molecule has 1 aromatic heterocycles. The van der Waals surface area contributed by atoms with Gasteiger partial charge >= 0.3 is 0 Å². The molecule has 2 rings (SSSR count). The zero-order valence-corrected chi connectivity index (χ0v) is 9.06. The van der Waals surface area contributed by atoms with E-state index in [9.17, 15) is 14.9 Å². The van der Waals surface area contributed by atoms with E-state index in [4.69, 9.17) is 0 Å². The second-order valence-electron chi connectivity index (χ2n) is 3.03. The minimum absolute atomic E-state index is 0.137. The topological polar surface area (TPSA) is 90.9 Å². The second kappa shape index (κ2) is 6.11. The van der Waals surface area contributed by atoms with E-state index >= 15 is 0 Å². The van der Waals surface area contributed by atoms with Crippen LogP contribution in [0.1, 0.15) is 10.5 Å². The standard InChI is InChI=1S/C6H5NO2.C4H5N3O/c8-7(9)6-4-2-1-3-5-6;1-7-2-4(3-8)5-6-7/h1-5H;2-3H,1H3. The van der Waals surface area contributed by atoms with Crippen molar-refractivity contribution in [3.63, 3.8) is 0 Å². The van der Waals surface area contributed by atoms with Gasteiger partial charge in [-0.3, -0.25) is 19.6 Å². The third kappa shape index (κ3) is 4.20. The van der Waals surface area contributed by atoms with E-state index in [1.165, 1.54) is 16.8 Å². The fourth-order valence-electron chi connectivity index (χ4n) is 0.969. The van der Waals surface area contributed by atoms with Crippen molar-refractivity contribution in [1.29, 1.82) is 0 Å². The number of benzene rings is 1. The number of rotatable bonds is 2. The van der Waals surface area contributed by atoms with Gasteiger partial charge in [-0.25, -0.2) is 0 Å². The average Bonchev–Trinajstić information content (AvgIpc) is 2.77. The Morgan fingerprint density at radius 1 is 1.35 bits per heavy atom. The summed E-state index contributed by atoms with van der Waals surface area (Å²) in [6.45, 7) is 0. The number of aldehydes is 1. The second-order valence-corrected chi connectivity index (χ2v) is 3.03. The summed E-state index contributed by atoms with van der Waals surface area (Å²) >= 11 is 0. The van der Waals surface area contributed by atoms with Crippen molar-refractivity contribution in [2.45, 2.75) is 0 Å². The number of nitrogens with zero attached hydrogens (tertiary/aromatic N) is 4. The van der Waals surface area contributed by atoms with Gasteiger partial charge in [-0.05, 0) is 0 Å². The Hall–Kier alpha value is -2.57. The van der Waals surface area contributed by atoms with Gasteiger partial charge in [0.15, 0.2) is 6.29 Å². The van der Waals surface area contributed by atoms with Gasteiger partial charge < -0.3 is 0 Å². The van der Waals surface area contributed by atoms with E-state index < -0.39 is 4.92 Å². The summed E-state index contributed by atoms with van der Waals surface area (Å²) in [7, 11) is 1.71. The molecule has 0 saturated carbocycles. The number of non-ortho nitro benzene ring substituents is 1. The van der Waals surface area contributed by atoms with E-state index in [-0.39, 0.29) is 5.69 Å². The van der Waals surface area contributed by atoms with Gasteiger partial charge in [-0.1, -0.05) is 23.4 Å². The molecule has 0 N–H and O–H groups in total. The molecule has 0 amide bonds. The lowest BCUT2D eigenvalue weighted by molar-refractivity contribution is -0.384. The monoisotopic (exact) mass is 234 g/mol. The summed E-state index contributed by atoms with van der Waals surface area (Å²) in [5.41, 5.74) is 0.505. The first-order chi connectivity index (χ1) is 8.13. The van der Waals surface area contributed by atoms with Crippen LogP contribution >= 0.6 is 0 Å². The molecular weight excluding hydrogens is 224 g/mol. The fourth-order valence-corrected chi connectivity index (χ4v) is 0.969. The van der Waals surface area contributed by atoms with E-state index in [1.807, 2.05) is 0 Å². The molecule has 17 heavy (non-hydrogen) atoms. The Labute approximate surface area is 96.8 Å². The molecule has 0 atom stereocenters. The summed E-state index contributed by atoms with van der Waals surface area (Å²) in [6, 6.07) is 7.93. The van der Waals surface area contributed by atoms with Crippen molar-refractivity contribution < 1.29 is 9.72 Å². The summed E-state index contributed by atoms with van der Waals surface area (Å²) in [4.78, 5) is 19.5. The van der Waals surface area contributed by atoms with Crippen LogP contribution in [-0.2, 0) is 7.05 Å². The number of carbonyl (C=O) groups is 1. The maximum atomic E-state index is 10.0. The Morgan fingerprint density at radius 3 is 2.29 bits per heavy atom. The van der Waals surface area contributed by atoms with Crippen molar-refractivity contribution in [1.82, 2.24) is 15.0 Å². The molecule has 0 radical (unpaired) electrons. The molecule has 2 aromatic rings. The van der Waals surface area contributed by atoms with Crippen LogP contribution in [-0.4, -0.2) is 26.2 Å². The molecule has 1 aromatic carbocycles. The van der Waals surface area contributed by atoms with Gasteiger partial charge in [0.25, 0.3) is 5.69 Å². The van der Waals surface area contributed by atoms with Crippen LogP contribution in [0, 0.1) is 10.1 Å². The molecule has 88 valence electrons. The average molecular weight is 234 g/mol. The highest BCUT2D eigenvalue weighted by molar-refractivity contribution is 5.70. The molecule has 7 heteroatoms. The van der Waals surface area contributed by atoms with E-state index in [0.29, 0.717) is 12.0 Å². The van der Waals surface area contributed by atoms with Crippen LogP contribution in [0.5, 0.6) is 0 Å². The number of carbonyl (C=O) groups excluding carboxylic acids is 1. The van der Waals surface area contributed by atoms with Crippen molar-refractivity contribution in [2.24, 2.45) is 7.05 Å². The maximum Gasteiger partial charge on any atom is 0.269 e. The lowest BCUT2D eigenvalue weighted by Gasteiger charge is -1.85. The highest BCUT2D eigenvalue weighted by Gasteiger charge is 1.98. The van der Waals surface area contributed by atoms with Gasteiger partial charge in [0, 0.05) is 19.2 Å². The number of aryl methyl sites for hydroxylation is 1. The van der Waals surface area contributed by atoms with Crippen molar-refractivity contribution in [2.75, 3.05) is 0 Å². The quantitative estimate of drug-likeness (QED) is 0.442. The molecule has 0 aliphatic rings. The van der Waals surface area contributed by atoms with Crippen molar-refractivity contribution >= 4 is 12.0 Å². The molecular formula is C10H10N4O3. The van der Waals surface area contributed by atoms with Gasteiger partial charge in [0.2, 0.25) is 0 Å². The summed E-state index contributed by atoms with van der Waals surface area (Å²) in [5.74, 6) is 0. The molecule has 0 fully saturated rings. The first kappa shape index (κ1) is 12.5. The number of nitro benzene ring substituents is 1. The van der Waals surface area contributed by atoms with Gasteiger partial charge in [-0.15, -0.1) is 5.10 Å². The number of aromatic nitrogens is 3. The van der Waals surface area contributed by atoms with E-state index in [1.54, 1.807) is 31.4 Å². The van der Waals surface area contributed by atoms with Crippen LogP contribution in [0.3, 0.4) is 0 Å². The van der Waals surface area contributed by atoms with Crippen molar-refractivity contribution in [3.8, 4) is 0 Å². The van der Waals surface area contributed by atoms with Crippen molar-refractivity contribution in [3.05, 3.63) is 52.3 Å². The number of nitro groups is 1. The van der Waals surface area contributed by atoms with Crippen LogP contribution in [0.15, 0.2) is 36.5 Å². The summed E-state index contributed by atoms with van der Waals surface area (Å²) < 4.78 is 1.48. The summed E-state index contributed by atoms with van der Waals surface area (Å²) in [6.07, 6.45) is 2.21. The summed E-state index contributed by atoms with van der Waals surface area (Å²) in [5, 5.41) is 17.0. The number of para-hydroxylation sites is 1. The first-order valence-electron chi connectivity index (χ1n) is 4.64. The lowest BCUT2D eigenvalue weighted by atomic mass is 10.3. The third-order valence-electron chi connectivity index (χ3n) is 1.71. The maximum absolute atomic E-state index is 10.0. The van der Waals surface area contributed by atoms with Gasteiger partial charge in [0.05, 0.1) is 11.1 Å². The Balaban J connectivity index is 0.000000171. The molecule has 0 aliphatic heterocycles. The zero-order chi connectivity index (χ0) is 12.7. The van der Waals surface area contributed by atoms with Gasteiger partial charge in [0.1, 0.15) is 5.69 Å². The number of hydrogen-bond acceptors (Lipinski definition) is 5. The highest BCUT2D eigenvalue weighted by atomic mass is 16.6. The first-order valence-corrected chi connectivity index (χ1v) is 4.64. The third-order valence-corrected chi connectivity index (χ3v) is 1.71. The van der Waals surface area contributed by atoms with E-state index in [0.717, 1.165) is 0 Å². The van der Waals surface area contributed by atoms with Crippen LogP contribution in [0.2, 0.25) is 0 Å². The highest BCUT2D eigenvalue weighted by Crippen LogP contribution is 2.06. The molecule has 0 saturated heterocycles. The fraction of sp³-hybridized carbons (Fsp3) is 0.100. The van der Waals surface area contributed by atoms with Crippen LogP contribution in [0.4, 0.5) is 5.69 Å². The van der Waals surface area contributed by atoms with Gasteiger partial charge in [-0.2, -0.15) is 0 Å². The predicted octanol–water partition coefficient (Wildman–Crippen LogP) is 1.22. The molecule has 7 nitrogen and oxygen atoms in total. The normalized spacial score (nSPS) is 9.00. The zero-order valence-electron chi connectivity index (χ0n) is 9.06. The Bertz CT molecular complexity index is 495. The van der Waals surface area contributed by atoms with Crippen LogP contribution < -0.4 is 0 Å². The molecule has 0 bridgehead atoms. The van der Waals surface area contributed by atoms with Crippen LogP contribution in [0.25, 0.3) is 0 Å². The Morgan fingerprint density at radius 2 is 2.00 bits per heavy atom. The van der Waals surface area contributed by atoms with E-state index in [2.05, 4.69) is 10.3 Å². The minimum Gasteiger partial charge on any atom is -0.296 e. The largest absolute Gasteiger partial charge is 0.296 e. The molecule has 0 aliphatic carbocycles.